The molecule has 1 aromatic rings. The zero-order valence-electron chi connectivity index (χ0n) is 14.3. The quantitative estimate of drug-likeness (QED) is 0.410. The molecule has 1 aliphatic carbocycles. The number of methoxy groups -OCH3 is 1. The molecule has 0 bridgehead atoms. The zero-order chi connectivity index (χ0) is 16.2. The molecule has 23 heavy (non-hydrogen) atoms. The maximum atomic E-state index is 13.1. The Kier molecular flexibility index (Phi) is 7.26. The number of aliphatic imine (C=N–C) groups is 1. The van der Waals surface area contributed by atoms with Crippen molar-refractivity contribution in [1.29, 1.82) is 0 Å². The smallest absolute Gasteiger partial charge is 0.191 e. The van der Waals surface area contributed by atoms with Crippen molar-refractivity contribution in [3.63, 3.8) is 0 Å². The van der Waals surface area contributed by atoms with E-state index in [1.54, 1.807) is 14.2 Å². The average Bonchev–Trinajstić information content (AvgIpc) is 3.29. The molecular weight excluding hydrogens is 408 g/mol. The van der Waals surface area contributed by atoms with Gasteiger partial charge in [-0.25, -0.2) is 4.39 Å². The van der Waals surface area contributed by atoms with Gasteiger partial charge < -0.3 is 15.4 Å². The average molecular weight is 435 g/mol. The van der Waals surface area contributed by atoms with Crippen LogP contribution in [-0.2, 0) is 10.2 Å². The Morgan fingerprint density at radius 2 is 1.87 bits per heavy atom. The highest BCUT2D eigenvalue weighted by atomic mass is 127. The molecule has 0 aromatic heterocycles. The third-order valence-electron chi connectivity index (χ3n) is 4.36. The number of hydrogen-bond acceptors (Lipinski definition) is 2. The van der Waals surface area contributed by atoms with Crippen molar-refractivity contribution < 1.29 is 9.13 Å². The first-order valence-electron chi connectivity index (χ1n) is 7.66. The van der Waals surface area contributed by atoms with Crippen LogP contribution in [0.4, 0.5) is 4.39 Å². The lowest BCUT2D eigenvalue weighted by molar-refractivity contribution is 0.0268. The van der Waals surface area contributed by atoms with Crippen molar-refractivity contribution in [2.24, 2.45) is 4.99 Å². The van der Waals surface area contributed by atoms with Gasteiger partial charge in [0.05, 0.1) is 5.60 Å². The van der Waals surface area contributed by atoms with Gasteiger partial charge in [0.25, 0.3) is 0 Å². The van der Waals surface area contributed by atoms with Crippen molar-refractivity contribution in [3.05, 3.63) is 35.6 Å². The number of benzene rings is 1. The summed E-state index contributed by atoms with van der Waals surface area (Å²) in [6.45, 7) is 5.51. The fourth-order valence-electron chi connectivity index (χ4n) is 2.36. The molecule has 1 fully saturated rings. The Bertz CT molecular complexity index is 527. The molecule has 0 amide bonds. The second-order valence-electron chi connectivity index (χ2n) is 6.53. The molecule has 2 N–H and O–H groups in total. The van der Waals surface area contributed by atoms with Gasteiger partial charge in [0, 0.05) is 32.7 Å². The standard InChI is InChI=1S/C17H26FN3O.HI/c1-16(2,22-4)11-20-15(19-3)21-12-17(9-10-17)13-5-7-14(18)8-6-13;/h5-8H,9-12H2,1-4H3,(H2,19,20,21);1H. The van der Waals surface area contributed by atoms with E-state index in [1.807, 2.05) is 26.0 Å². The van der Waals surface area contributed by atoms with Crippen LogP contribution in [-0.4, -0.2) is 38.8 Å². The lowest BCUT2D eigenvalue weighted by Crippen LogP contribution is -2.47. The largest absolute Gasteiger partial charge is 0.377 e. The first-order valence-corrected chi connectivity index (χ1v) is 7.66. The van der Waals surface area contributed by atoms with E-state index >= 15 is 0 Å². The minimum Gasteiger partial charge on any atom is -0.377 e. The van der Waals surface area contributed by atoms with Crippen LogP contribution in [0.5, 0.6) is 0 Å². The van der Waals surface area contributed by atoms with Crippen molar-refractivity contribution in [1.82, 2.24) is 10.6 Å². The fourth-order valence-corrected chi connectivity index (χ4v) is 2.36. The normalized spacial score (nSPS) is 16.5. The molecule has 6 heteroatoms. The molecule has 0 heterocycles. The molecule has 1 aliphatic rings. The predicted octanol–water partition coefficient (Wildman–Crippen LogP) is 3.07. The number of halogens is 2. The van der Waals surface area contributed by atoms with E-state index in [0.717, 1.165) is 25.3 Å². The summed E-state index contributed by atoms with van der Waals surface area (Å²) < 4.78 is 18.4. The van der Waals surface area contributed by atoms with E-state index in [2.05, 4.69) is 15.6 Å². The molecule has 0 saturated heterocycles. The van der Waals surface area contributed by atoms with Gasteiger partial charge in [0.1, 0.15) is 5.82 Å². The highest BCUT2D eigenvalue weighted by molar-refractivity contribution is 14.0. The van der Waals surface area contributed by atoms with Gasteiger partial charge in [-0.1, -0.05) is 12.1 Å². The van der Waals surface area contributed by atoms with Gasteiger partial charge in [-0.3, -0.25) is 4.99 Å². The SMILES string of the molecule is CN=C(NCC(C)(C)OC)NCC1(c2ccc(F)cc2)CC1.I. The van der Waals surface area contributed by atoms with Gasteiger partial charge >= 0.3 is 0 Å². The molecule has 0 aliphatic heterocycles. The molecule has 1 aromatic carbocycles. The lowest BCUT2D eigenvalue weighted by atomic mass is 9.96. The Hall–Kier alpha value is -0.890. The first-order chi connectivity index (χ1) is 10.4. The summed E-state index contributed by atoms with van der Waals surface area (Å²) in [5, 5.41) is 6.65. The van der Waals surface area contributed by atoms with E-state index in [9.17, 15) is 4.39 Å². The van der Waals surface area contributed by atoms with Crippen molar-refractivity contribution >= 4 is 29.9 Å². The van der Waals surface area contributed by atoms with E-state index in [0.29, 0.717) is 6.54 Å². The van der Waals surface area contributed by atoms with E-state index in [4.69, 9.17) is 4.74 Å². The number of nitrogens with zero attached hydrogens (tertiary/aromatic N) is 1. The van der Waals surface area contributed by atoms with E-state index < -0.39 is 0 Å². The number of guanidine groups is 1. The maximum absolute atomic E-state index is 13.1. The van der Waals surface area contributed by atoms with Crippen LogP contribution in [0.25, 0.3) is 0 Å². The topological polar surface area (TPSA) is 45.7 Å². The Labute approximate surface area is 155 Å². The Morgan fingerprint density at radius 1 is 1.26 bits per heavy atom. The summed E-state index contributed by atoms with van der Waals surface area (Å²) in [7, 11) is 3.46. The summed E-state index contributed by atoms with van der Waals surface area (Å²) in [4.78, 5) is 4.24. The van der Waals surface area contributed by atoms with Gasteiger partial charge in [-0.2, -0.15) is 0 Å². The molecule has 4 nitrogen and oxygen atoms in total. The van der Waals surface area contributed by atoms with Gasteiger partial charge in [-0.05, 0) is 44.4 Å². The third kappa shape index (κ3) is 5.60. The maximum Gasteiger partial charge on any atom is 0.191 e. The van der Waals surface area contributed by atoms with Crippen molar-refractivity contribution in [2.75, 3.05) is 27.2 Å². The summed E-state index contributed by atoms with van der Waals surface area (Å²) in [6, 6.07) is 6.83. The molecule has 0 radical (unpaired) electrons. The van der Waals surface area contributed by atoms with Crippen LogP contribution < -0.4 is 10.6 Å². The van der Waals surface area contributed by atoms with Crippen LogP contribution in [0, 0.1) is 5.82 Å². The number of hydrogen-bond donors (Lipinski definition) is 2. The number of ether oxygens (including phenoxy) is 1. The van der Waals surface area contributed by atoms with Crippen molar-refractivity contribution in [2.45, 2.75) is 37.7 Å². The number of nitrogens with one attached hydrogen (secondary N) is 2. The third-order valence-corrected chi connectivity index (χ3v) is 4.36. The summed E-state index contributed by atoms with van der Waals surface area (Å²) >= 11 is 0. The highest BCUT2D eigenvalue weighted by Crippen LogP contribution is 2.47. The van der Waals surface area contributed by atoms with Crippen LogP contribution in [0.15, 0.2) is 29.3 Å². The minimum atomic E-state index is -0.244. The molecule has 1 saturated carbocycles. The molecular formula is C17H27FIN3O. The monoisotopic (exact) mass is 435 g/mol. The second kappa shape index (κ2) is 8.28. The van der Waals surface area contributed by atoms with Crippen LogP contribution in [0.3, 0.4) is 0 Å². The second-order valence-corrected chi connectivity index (χ2v) is 6.53. The molecule has 0 atom stereocenters. The van der Waals surface area contributed by atoms with Crippen LogP contribution in [0.1, 0.15) is 32.3 Å². The van der Waals surface area contributed by atoms with Crippen molar-refractivity contribution in [3.8, 4) is 0 Å². The minimum absolute atomic E-state index is 0. The number of rotatable bonds is 6. The van der Waals surface area contributed by atoms with Gasteiger partial charge in [-0.15, -0.1) is 24.0 Å². The molecule has 2 rings (SSSR count). The zero-order valence-corrected chi connectivity index (χ0v) is 16.6. The lowest BCUT2D eigenvalue weighted by Gasteiger charge is -2.25. The van der Waals surface area contributed by atoms with Crippen LogP contribution >= 0.6 is 24.0 Å². The first kappa shape index (κ1) is 20.2. The Morgan fingerprint density at radius 3 is 2.35 bits per heavy atom. The van der Waals surface area contributed by atoms with E-state index in [-0.39, 0.29) is 40.8 Å². The molecule has 0 unspecified atom stereocenters. The van der Waals surface area contributed by atoms with E-state index in [1.165, 1.54) is 17.7 Å². The summed E-state index contributed by atoms with van der Waals surface area (Å²) in [5.74, 6) is 0.574. The highest BCUT2D eigenvalue weighted by Gasteiger charge is 2.44. The predicted molar refractivity (Wildman–Crippen MR) is 103 cm³/mol. The Balaban J connectivity index is 0.00000264. The van der Waals surface area contributed by atoms with Gasteiger partial charge in [0.2, 0.25) is 0 Å². The molecule has 0 spiro atoms. The summed E-state index contributed by atoms with van der Waals surface area (Å²) in [6.07, 6.45) is 2.23. The van der Waals surface area contributed by atoms with Gasteiger partial charge in [0.15, 0.2) is 5.96 Å². The summed E-state index contributed by atoms with van der Waals surface area (Å²) in [5.41, 5.74) is 1.06. The molecule has 130 valence electrons. The van der Waals surface area contributed by atoms with Crippen LogP contribution in [0.2, 0.25) is 0 Å². The fraction of sp³-hybridized carbons (Fsp3) is 0.588.